The third kappa shape index (κ3) is 4.96. The van der Waals surface area contributed by atoms with Crippen LogP contribution in [0.5, 0.6) is 0 Å². The highest BCUT2D eigenvalue weighted by Gasteiger charge is 2.30. The number of rotatable bonds is 6. The van der Waals surface area contributed by atoms with Crippen LogP contribution in [0.1, 0.15) is 38.3 Å². The van der Waals surface area contributed by atoms with Crippen LogP contribution in [0, 0.1) is 17.0 Å². The van der Waals surface area contributed by atoms with Gasteiger partial charge in [0.2, 0.25) is 0 Å². The van der Waals surface area contributed by atoms with E-state index in [1.165, 1.54) is 6.07 Å². The van der Waals surface area contributed by atoms with E-state index < -0.39 is 23.8 Å². The molecule has 2 heterocycles. The number of amidine groups is 1. The van der Waals surface area contributed by atoms with Gasteiger partial charge in [0.1, 0.15) is 23.6 Å². The molecule has 0 bridgehead atoms. The van der Waals surface area contributed by atoms with Crippen LogP contribution >= 0.6 is 0 Å². The van der Waals surface area contributed by atoms with Gasteiger partial charge >= 0.3 is 5.97 Å². The van der Waals surface area contributed by atoms with Crippen molar-refractivity contribution in [1.29, 1.82) is 0 Å². The Morgan fingerprint density at radius 2 is 1.94 bits per heavy atom. The zero-order valence-corrected chi connectivity index (χ0v) is 18.6. The molecule has 1 aliphatic rings. The zero-order chi connectivity index (χ0) is 23.8. The fourth-order valence-corrected chi connectivity index (χ4v) is 3.89. The Hall–Kier alpha value is -3.52. The summed E-state index contributed by atoms with van der Waals surface area (Å²) >= 11 is 0. The minimum absolute atomic E-state index is 0.0731. The van der Waals surface area contributed by atoms with Gasteiger partial charge in [0, 0.05) is 35.0 Å². The Labute approximate surface area is 190 Å². The Morgan fingerprint density at radius 1 is 1.21 bits per heavy atom. The topological polar surface area (TPSA) is 89.5 Å². The molecule has 0 aliphatic carbocycles. The second kappa shape index (κ2) is 8.78. The first-order valence-electron chi connectivity index (χ1n) is 10.7. The van der Waals surface area contributed by atoms with Gasteiger partial charge in [-0.25, -0.2) is 13.8 Å². The lowest BCUT2D eigenvalue weighted by atomic mass is 9.84. The first kappa shape index (κ1) is 22.7. The molecule has 0 saturated carbocycles. The van der Waals surface area contributed by atoms with Crippen LogP contribution in [0.15, 0.2) is 59.7 Å². The molecule has 0 fully saturated rings. The summed E-state index contributed by atoms with van der Waals surface area (Å²) in [6.45, 7) is 5.89. The van der Waals surface area contributed by atoms with Gasteiger partial charge in [0.05, 0.1) is 11.9 Å². The average molecular weight is 453 g/mol. The van der Waals surface area contributed by atoms with E-state index in [-0.39, 0.29) is 23.4 Å². The van der Waals surface area contributed by atoms with Crippen molar-refractivity contribution in [2.24, 2.45) is 10.4 Å². The average Bonchev–Trinajstić information content (AvgIpc) is 3.17. The first-order valence-corrected chi connectivity index (χ1v) is 10.7. The van der Waals surface area contributed by atoms with Crippen molar-refractivity contribution in [3.05, 3.63) is 77.5 Å². The Bertz CT molecular complexity index is 1240. The Kier molecular flexibility index (Phi) is 6.03. The van der Waals surface area contributed by atoms with Gasteiger partial charge in [0.15, 0.2) is 0 Å². The Morgan fingerprint density at radius 3 is 2.61 bits per heavy atom. The van der Waals surface area contributed by atoms with Gasteiger partial charge < -0.3 is 15.4 Å². The van der Waals surface area contributed by atoms with Crippen molar-refractivity contribution in [1.82, 2.24) is 15.6 Å². The quantitative estimate of drug-likeness (QED) is 0.439. The molecule has 4 N–H and O–H groups in total. The molecule has 33 heavy (non-hydrogen) atoms. The van der Waals surface area contributed by atoms with E-state index in [0.717, 1.165) is 17.3 Å². The molecule has 172 valence electrons. The molecule has 3 aromatic rings. The molecule has 6 nitrogen and oxygen atoms in total. The highest BCUT2D eigenvalue weighted by Crippen LogP contribution is 2.27. The monoisotopic (exact) mass is 452 g/mol. The van der Waals surface area contributed by atoms with E-state index in [1.54, 1.807) is 6.20 Å². The lowest BCUT2D eigenvalue weighted by Gasteiger charge is -2.34. The van der Waals surface area contributed by atoms with Gasteiger partial charge in [-0.2, -0.15) is 0 Å². The number of hydrogen-bond acceptors (Lipinski definition) is 4. The molecule has 1 aliphatic heterocycles. The number of nitrogens with one attached hydrogen (secondary N) is 3. The van der Waals surface area contributed by atoms with Crippen molar-refractivity contribution < 1.29 is 18.7 Å². The summed E-state index contributed by atoms with van der Waals surface area (Å²) in [5.74, 6) is -1.85. The molecule has 0 saturated heterocycles. The largest absolute Gasteiger partial charge is 0.481 e. The second-order valence-electron chi connectivity index (χ2n) is 9.19. The maximum atomic E-state index is 14.3. The molecule has 0 spiro atoms. The van der Waals surface area contributed by atoms with Crippen LogP contribution in [-0.2, 0) is 4.79 Å². The van der Waals surface area contributed by atoms with Crippen molar-refractivity contribution in [2.45, 2.75) is 39.4 Å². The number of carbonyl (C=O) groups is 1. The summed E-state index contributed by atoms with van der Waals surface area (Å²) in [6, 6.07) is 11.3. The summed E-state index contributed by atoms with van der Waals surface area (Å²) in [7, 11) is 0. The third-order valence-corrected chi connectivity index (χ3v) is 5.69. The number of halogens is 2. The summed E-state index contributed by atoms with van der Waals surface area (Å²) in [5, 5.41) is 16.4. The highest BCUT2D eigenvalue weighted by molar-refractivity contribution is 6.13. The standard InChI is InChI=1S/C25H26F2N4O2/c1-25(2,3)20(12-22(32)33)30-21-11-19(14-7-5-4-6-8-14)29-24(31-21)17-13-28-23-16(17)9-15(26)10-18(23)27/h4-11,13,20-21,28,30H,12H2,1-3H3,(H,29,31)(H,32,33)/t20-,21?/m1/s1. The van der Waals surface area contributed by atoms with Gasteiger partial charge in [-0.15, -0.1) is 0 Å². The lowest BCUT2D eigenvalue weighted by Crippen LogP contribution is -2.48. The lowest BCUT2D eigenvalue weighted by molar-refractivity contribution is -0.138. The molecule has 0 radical (unpaired) electrons. The van der Waals surface area contributed by atoms with Crippen LogP contribution < -0.4 is 10.6 Å². The molecule has 8 heteroatoms. The van der Waals surface area contributed by atoms with Gasteiger partial charge in [-0.1, -0.05) is 51.1 Å². The highest BCUT2D eigenvalue weighted by atomic mass is 19.1. The van der Waals surface area contributed by atoms with E-state index in [0.29, 0.717) is 16.8 Å². The molecule has 2 aromatic carbocycles. The molecule has 1 aromatic heterocycles. The van der Waals surface area contributed by atoms with Crippen LogP contribution in [0.25, 0.3) is 16.6 Å². The van der Waals surface area contributed by atoms with Gasteiger partial charge in [0.25, 0.3) is 0 Å². The van der Waals surface area contributed by atoms with Crippen molar-refractivity contribution in [3.63, 3.8) is 0 Å². The number of hydrogen-bond donors (Lipinski definition) is 4. The normalized spacial score (nSPS) is 17.3. The van der Waals surface area contributed by atoms with Crippen LogP contribution in [0.3, 0.4) is 0 Å². The molecule has 2 atom stereocenters. The van der Waals surface area contributed by atoms with Crippen LogP contribution in [0.4, 0.5) is 8.78 Å². The minimum atomic E-state index is -0.907. The van der Waals surface area contributed by atoms with Crippen LogP contribution in [-0.4, -0.2) is 34.1 Å². The van der Waals surface area contributed by atoms with E-state index in [2.05, 4.69) is 15.6 Å². The van der Waals surface area contributed by atoms with E-state index in [4.69, 9.17) is 4.99 Å². The number of benzene rings is 2. The number of fused-ring (bicyclic) bond motifs is 1. The maximum Gasteiger partial charge on any atom is 0.304 e. The molecular formula is C25H26F2N4O2. The molecule has 4 rings (SSSR count). The van der Waals surface area contributed by atoms with Gasteiger partial charge in [-0.05, 0) is 23.1 Å². The summed E-state index contributed by atoms with van der Waals surface area (Å²) < 4.78 is 28.2. The van der Waals surface area contributed by atoms with E-state index in [1.807, 2.05) is 57.2 Å². The molecule has 0 amide bonds. The number of H-pyrrole nitrogens is 1. The summed E-state index contributed by atoms with van der Waals surface area (Å²) in [6.07, 6.45) is 2.84. The number of nitrogens with zero attached hydrogens (tertiary/aromatic N) is 1. The number of aromatic nitrogens is 1. The van der Waals surface area contributed by atoms with Crippen molar-refractivity contribution in [2.75, 3.05) is 0 Å². The predicted octanol–water partition coefficient (Wildman–Crippen LogP) is 4.64. The molecule has 1 unspecified atom stereocenters. The summed E-state index contributed by atoms with van der Waals surface area (Å²) in [5.41, 5.74) is 2.02. The number of carboxylic acid groups (broad SMARTS) is 1. The maximum absolute atomic E-state index is 14.3. The first-order chi connectivity index (χ1) is 15.6. The zero-order valence-electron chi connectivity index (χ0n) is 18.6. The van der Waals surface area contributed by atoms with E-state index in [9.17, 15) is 18.7 Å². The number of aliphatic imine (C=N–C) groups is 1. The fourth-order valence-electron chi connectivity index (χ4n) is 3.89. The van der Waals surface area contributed by atoms with Crippen LogP contribution in [0.2, 0.25) is 0 Å². The number of carboxylic acids is 1. The van der Waals surface area contributed by atoms with Crippen molar-refractivity contribution in [3.8, 4) is 0 Å². The third-order valence-electron chi connectivity index (χ3n) is 5.69. The SMILES string of the molecule is CC(C)(C)[C@@H](CC(=O)O)NC1C=C(c2ccccc2)NC(c2c[nH]c3c(F)cc(F)cc23)=N1. The molecular weight excluding hydrogens is 426 g/mol. The van der Waals surface area contributed by atoms with Crippen molar-refractivity contribution >= 4 is 28.4 Å². The Balaban J connectivity index is 1.77. The minimum Gasteiger partial charge on any atom is -0.481 e. The second-order valence-corrected chi connectivity index (χ2v) is 9.19. The smallest absolute Gasteiger partial charge is 0.304 e. The van der Waals surface area contributed by atoms with E-state index >= 15 is 0 Å². The predicted molar refractivity (Wildman–Crippen MR) is 125 cm³/mol. The summed E-state index contributed by atoms with van der Waals surface area (Å²) in [4.78, 5) is 19.1. The fraction of sp³-hybridized carbons (Fsp3) is 0.280. The number of aliphatic carboxylic acids is 1. The van der Waals surface area contributed by atoms with Gasteiger partial charge in [-0.3, -0.25) is 10.1 Å². The number of aromatic amines is 1.